The maximum absolute atomic E-state index is 12.6. The van der Waals surface area contributed by atoms with Gasteiger partial charge in [0.15, 0.2) is 5.78 Å². The predicted octanol–water partition coefficient (Wildman–Crippen LogP) is 3.46. The van der Waals surface area contributed by atoms with Crippen molar-refractivity contribution in [1.82, 2.24) is 0 Å². The summed E-state index contributed by atoms with van der Waals surface area (Å²) < 4.78 is 53.2. The highest BCUT2D eigenvalue weighted by atomic mass is 32.2. The van der Waals surface area contributed by atoms with Crippen molar-refractivity contribution in [2.75, 3.05) is 0 Å². The SMILES string of the molecule is O=C(c1ccccc1OC(F)(F)F)C1CC2CCC(C1)S2=O. The van der Waals surface area contributed by atoms with Crippen LogP contribution >= 0.6 is 0 Å². The Hall–Kier alpha value is -1.37. The molecule has 7 heteroatoms. The molecule has 2 bridgehead atoms. The monoisotopic (exact) mass is 332 g/mol. The highest BCUT2D eigenvalue weighted by molar-refractivity contribution is 7.86. The Morgan fingerprint density at radius 1 is 1.14 bits per heavy atom. The first-order valence-corrected chi connectivity index (χ1v) is 8.41. The number of rotatable bonds is 3. The van der Waals surface area contributed by atoms with Crippen LogP contribution in [0.4, 0.5) is 13.2 Å². The number of halogens is 3. The molecule has 22 heavy (non-hydrogen) atoms. The fraction of sp³-hybridized carbons (Fsp3) is 0.533. The van der Waals surface area contributed by atoms with Gasteiger partial charge in [0.05, 0.1) is 5.56 Å². The summed E-state index contributed by atoms with van der Waals surface area (Å²) in [6.45, 7) is 0. The van der Waals surface area contributed by atoms with Crippen LogP contribution in [-0.2, 0) is 10.8 Å². The molecular weight excluding hydrogens is 317 g/mol. The van der Waals surface area contributed by atoms with Gasteiger partial charge >= 0.3 is 6.36 Å². The summed E-state index contributed by atoms with van der Waals surface area (Å²) in [6.07, 6.45) is -2.18. The van der Waals surface area contributed by atoms with Crippen LogP contribution in [0.3, 0.4) is 0 Å². The van der Waals surface area contributed by atoms with Crippen molar-refractivity contribution in [3.05, 3.63) is 29.8 Å². The van der Waals surface area contributed by atoms with Gasteiger partial charge in [-0.1, -0.05) is 12.1 Å². The second-order valence-electron chi connectivity index (χ2n) is 5.73. The molecule has 0 saturated carbocycles. The smallest absolute Gasteiger partial charge is 0.405 e. The van der Waals surface area contributed by atoms with Crippen LogP contribution in [0.1, 0.15) is 36.0 Å². The van der Waals surface area contributed by atoms with Crippen molar-refractivity contribution >= 4 is 16.6 Å². The van der Waals surface area contributed by atoms with Crippen LogP contribution in [0.5, 0.6) is 5.75 Å². The van der Waals surface area contributed by atoms with Gasteiger partial charge in [-0.25, -0.2) is 0 Å². The summed E-state index contributed by atoms with van der Waals surface area (Å²) in [5.74, 6) is -1.17. The van der Waals surface area contributed by atoms with E-state index in [1.54, 1.807) is 0 Å². The number of carbonyl (C=O) groups excluding carboxylic acids is 1. The first-order valence-electron chi connectivity index (χ1n) is 7.13. The third-order valence-corrected chi connectivity index (χ3v) is 6.48. The van der Waals surface area contributed by atoms with Crippen LogP contribution in [0.25, 0.3) is 0 Å². The second kappa shape index (κ2) is 5.68. The lowest BCUT2D eigenvalue weighted by atomic mass is 9.90. The zero-order valence-electron chi connectivity index (χ0n) is 11.6. The highest BCUT2D eigenvalue weighted by Crippen LogP contribution is 2.41. The Morgan fingerprint density at radius 2 is 1.73 bits per heavy atom. The van der Waals surface area contributed by atoms with E-state index >= 15 is 0 Å². The number of Topliss-reactive ketones (excluding diaryl/α,β-unsaturated/α-hetero) is 1. The quantitative estimate of drug-likeness (QED) is 0.796. The Balaban J connectivity index is 1.83. The summed E-state index contributed by atoms with van der Waals surface area (Å²) in [4.78, 5) is 12.6. The molecule has 0 N–H and O–H groups in total. The molecule has 2 aliphatic heterocycles. The van der Waals surface area contributed by atoms with E-state index in [1.807, 2.05) is 0 Å². The van der Waals surface area contributed by atoms with Gasteiger partial charge in [-0.15, -0.1) is 13.2 Å². The van der Waals surface area contributed by atoms with Gasteiger partial charge in [0.2, 0.25) is 0 Å². The molecule has 0 aliphatic carbocycles. The number of ether oxygens (including phenoxy) is 1. The van der Waals surface area contributed by atoms with Crippen LogP contribution in [0.2, 0.25) is 0 Å². The summed E-state index contributed by atoms with van der Waals surface area (Å²) in [5, 5.41) is 0.00629. The van der Waals surface area contributed by atoms with Gasteiger partial charge in [0, 0.05) is 27.2 Å². The normalized spacial score (nSPS) is 31.0. The van der Waals surface area contributed by atoms with Crippen LogP contribution in [-0.4, -0.2) is 26.9 Å². The van der Waals surface area contributed by atoms with Crippen molar-refractivity contribution in [1.29, 1.82) is 0 Å². The van der Waals surface area contributed by atoms with E-state index in [2.05, 4.69) is 4.74 Å². The van der Waals surface area contributed by atoms with E-state index in [1.165, 1.54) is 18.2 Å². The molecule has 3 nitrogen and oxygen atoms in total. The van der Waals surface area contributed by atoms with E-state index in [9.17, 15) is 22.2 Å². The molecule has 0 aromatic heterocycles. The van der Waals surface area contributed by atoms with Crippen LogP contribution in [0, 0.1) is 5.92 Å². The highest BCUT2D eigenvalue weighted by Gasteiger charge is 2.43. The molecule has 2 saturated heterocycles. The molecule has 120 valence electrons. The molecule has 0 radical (unpaired) electrons. The van der Waals surface area contributed by atoms with Crippen molar-refractivity contribution in [2.45, 2.75) is 42.5 Å². The third-order valence-electron chi connectivity index (χ3n) is 4.31. The van der Waals surface area contributed by atoms with Crippen molar-refractivity contribution in [3.63, 3.8) is 0 Å². The fourth-order valence-electron chi connectivity index (χ4n) is 3.35. The number of para-hydroxylation sites is 1. The Bertz CT molecular complexity index is 598. The number of fused-ring (bicyclic) bond motifs is 2. The molecule has 0 amide bonds. The minimum absolute atomic E-state index is 0.00315. The average molecular weight is 332 g/mol. The molecule has 2 unspecified atom stereocenters. The molecule has 0 spiro atoms. The van der Waals surface area contributed by atoms with Gasteiger partial charge in [-0.3, -0.25) is 9.00 Å². The molecule has 1 aromatic rings. The molecule has 1 aromatic carbocycles. The Labute approximate surface area is 128 Å². The topological polar surface area (TPSA) is 43.4 Å². The lowest BCUT2D eigenvalue weighted by Gasteiger charge is -2.26. The molecule has 3 rings (SSSR count). The summed E-state index contributed by atoms with van der Waals surface area (Å²) >= 11 is 0. The molecular formula is C15H15F3O3S. The van der Waals surface area contributed by atoms with E-state index in [0.717, 1.165) is 18.9 Å². The summed E-state index contributed by atoms with van der Waals surface area (Å²) in [7, 11) is -0.897. The summed E-state index contributed by atoms with van der Waals surface area (Å²) in [6, 6.07) is 5.43. The average Bonchev–Trinajstić information content (AvgIpc) is 2.67. The number of hydrogen-bond acceptors (Lipinski definition) is 3. The molecule has 2 heterocycles. The largest absolute Gasteiger partial charge is 0.573 e. The number of ketones is 1. The van der Waals surface area contributed by atoms with E-state index in [-0.39, 0.29) is 27.8 Å². The zero-order chi connectivity index (χ0) is 15.9. The van der Waals surface area contributed by atoms with Gasteiger partial charge in [0.1, 0.15) is 5.75 Å². The predicted molar refractivity (Wildman–Crippen MR) is 75.1 cm³/mol. The first kappa shape index (κ1) is 15.5. The molecule has 2 aliphatic rings. The standard InChI is InChI=1S/C15H15F3O3S/c16-15(17,18)21-13-4-2-1-3-12(13)14(19)9-7-10-5-6-11(8-9)22(10)20/h1-4,9-11H,5-8H2. The van der Waals surface area contributed by atoms with Crippen molar-refractivity contribution < 1.29 is 26.9 Å². The van der Waals surface area contributed by atoms with Gasteiger partial charge < -0.3 is 4.74 Å². The van der Waals surface area contributed by atoms with Crippen molar-refractivity contribution in [3.8, 4) is 5.75 Å². The fourth-order valence-corrected chi connectivity index (χ4v) is 5.48. The minimum atomic E-state index is -4.83. The van der Waals surface area contributed by atoms with Gasteiger partial charge in [0.25, 0.3) is 0 Å². The van der Waals surface area contributed by atoms with Crippen LogP contribution in [0.15, 0.2) is 24.3 Å². The summed E-state index contributed by atoms with van der Waals surface area (Å²) in [5.41, 5.74) is -0.0445. The Kier molecular flexibility index (Phi) is 4.01. The van der Waals surface area contributed by atoms with E-state index in [4.69, 9.17) is 0 Å². The third kappa shape index (κ3) is 3.04. The minimum Gasteiger partial charge on any atom is -0.405 e. The number of benzene rings is 1. The lowest BCUT2D eigenvalue weighted by molar-refractivity contribution is -0.274. The molecule has 2 fully saturated rings. The van der Waals surface area contributed by atoms with E-state index in [0.29, 0.717) is 12.8 Å². The van der Waals surface area contributed by atoms with Crippen molar-refractivity contribution in [2.24, 2.45) is 5.92 Å². The maximum atomic E-state index is 12.6. The number of alkyl halides is 3. The van der Waals surface area contributed by atoms with Crippen LogP contribution < -0.4 is 4.74 Å². The Morgan fingerprint density at radius 3 is 2.32 bits per heavy atom. The van der Waals surface area contributed by atoms with Gasteiger partial charge in [-0.2, -0.15) is 0 Å². The number of hydrogen-bond donors (Lipinski definition) is 0. The number of carbonyl (C=O) groups is 1. The van der Waals surface area contributed by atoms with Gasteiger partial charge in [-0.05, 0) is 37.8 Å². The maximum Gasteiger partial charge on any atom is 0.573 e. The zero-order valence-corrected chi connectivity index (χ0v) is 12.5. The first-order chi connectivity index (χ1) is 10.3. The van der Waals surface area contributed by atoms with E-state index < -0.39 is 22.9 Å². The lowest BCUT2D eigenvalue weighted by Crippen LogP contribution is -2.32. The molecule has 2 atom stereocenters. The second-order valence-corrected chi connectivity index (χ2v) is 7.72.